The summed E-state index contributed by atoms with van der Waals surface area (Å²) in [5.74, 6) is -1.64. The number of carbonyl (C=O) groups excluding carboxylic acids is 2. The molecule has 182 valence electrons. The Bertz CT molecular complexity index is 1470. The molecule has 2 N–H and O–H groups in total. The number of benzene rings is 2. The van der Waals surface area contributed by atoms with Crippen LogP contribution >= 0.6 is 0 Å². The van der Waals surface area contributed by atoms with Gasteiger partial charge in [-0.1, -0.05) is 6.07 Å². The standard InChI is InChI=1S/C24H20N6O6/c1-13-7-8-17-18(27-13)5-4-6-19(17)29-22-20(30(33)34)21(25-12-26-22)28-16-10-14(23(31)35-2)9-15(11-16)24(32)36-3/h4-12H,1-3H3,(H2,25,26,28,29). The van der Waals surface area contributed by atoms with Crippen molar-refractivity contribution >= 4 is 51.5 Å². The second-order valence-electron chi connectivity index (χ2n) is 7.53. The summed E-state index contributed by atoms with van der Waals surface area (Å²) < 4.78 is 9.46. The minimum atomic E-state index is -0.705. The number of methoxy groups -OCH3 is 2. The number of hydrogen-bond acceptors (Lipinski definition) is 11. The molecule has 4 aromatic rings. The van der Waals surface area contributed by atoms with Crippen molar-refractivity contribution in [2.45, 2.75) is 6.92 Å². The predicted octanol–water partition coefficient (Wildman–Crippen LogP) is 4.30. The minimum absolute atomic E-state index is 0.0384. The van der Waals surface area contributed by atoms with Crippen LogP contribution in [0.4, 0.5) is 28.7 Å². The summed E-state index contributed by atoms with van der Waals surface area (Å²) in [6.45, 7) is 1.87. The molecule has 0 amide bonds. The average molecular weight is 488 g/mol. The smallest absolute Gasteiger partial charge is 0.353 e. The Morgan fingerprint density at radius 1 is 0.917 bits per heavy atom. The molecule has 0 atom stereocenters. The fraction of sp³-hybridized carbons (Fsp3) is 0.125. The van der Waals surface area contributed by atoms with Gasteiger partial charge in [-0.3, -0.25) is 15.1 Å². The molecular formula is C24H20N6O6. The average Bonchev–Trinajstić information content (AvgIpc) is 2.87. The van der Waals surface area contributed by atoms with E-state index in [0.29, 0.717) is 11.2 Å². The van der Waals surface area contributed by atoms with E-state index in [1.54, 1.807) is 12.1 Å². The lowest BCUT2D eigenvalue weighted by molar-refractivity contribution is -0.383. The summed E-state index contributed by atoms with van der Waals surface area (Å²) in [5.41, 5.74) is 1.92. The van der Waals surface area contributed by atoms with E-state index in [4.69, 9.17) is 9.47 Å². The summed E-state index contributed by atoms with van der Waals surface area (Å²) in [7, 11) is 2.38. The quantitative estimate of drug-likeness (QED) is 0.217. The van der Waals surface area contributed by atoms with Crippen molar-refractivity contribution in [3.63, 3.8) is 0 Å². The van der Waals surface area contributed by atoms with Crippen molar-refractivity contribution in [1.82, 2.24) is 15.0 Å². The molecule has 12 heteroatoms. The first-order chi connectivity index (χ1) is 17.3. The van der Waals surface area contributed by atoms with Crippen molar-refractivity contribution in [2.75, 3.05) is 24.9 Å². The van der Waals surface area contributed by atoms with Crippen LogP contribution in [0.3, 0.4) is 0 Å². The van der Waals surface area contributed by atoms with Crippen LogP contribution in [-0.2, 0) is 9.47 Å². The Labute approximate surface area is 204 Å². The van der Waals surface area contributed by atoms with Gasteiger partial charge in [0.25, 0.3) is 0 Å². The SMILES string of the molecule is COC(=O)c1cc(Nc2ncnc(Nc3cccc4nc(C)ccc34)c2[N+](=O)[O-])cc(C(=O)OC)c1. The van der Waals surface area contributed by atoms with E-state index >= 15 is 0 Å². The highest BCUT2D eigenvalue weighted by Crippen LogP contribution is 2.35. The molecule has 0 saturated heterocycles. The predicted molar refractivity (Wildman–Crippen MR) is 131 cm³/mol. The summed E-state index contributed by atoms with van der Waals surface area (Å²) in [6.07, 6.45) is 1.15. The number of pyridine rings is 1. The van der Waals surface area contributed by atoms with Gasteiger partial charge in [-0.15, -0.1) is 0 Å². The molecule has 0 aliphatic heterocycles. The van der Waals surface area contributed by atoms with Gasteiger partial charge in [0.05, 0.1) is 35.8 Å². The van der Waals surface area contributed by atoms with Gasteiger partial charge in [-0.2, -0.15) is 0 Å². The summed E-state index contributed by atoms with van der Waals surface area (Å²) in [4.78, 5) is 48.2. The maximum absolute atomic E-state index is 12.1. The maximum Gasteiger partial charge on any atom is 0.353 e. The molecule has 0 radical (unpaired) electrons. The molecule has 2 heterocycles. The second-order valence-corrected chi connectivity index (χ2v) is 7.53. The molecule has 12 nitrogen and oxygen atoms in total. The van der Waals surface area contributed by atoms with E-state index in [1.165, 1.54) is 32.4 Å². The van der Waals surface area contributed by atoms with Crippen molar-refractivity contribution in [3.8, 4) is 0 Å². The lowest BCUT2D eigenvalue weighted by Gasteiger charge is -2.13. The Kier molecular flexibility index (Phi) is 6.68. The number of rotatable bonds is 7. The van der Waals surface area contributed by atoms with Gasteiger partial charge in [-0.05, 0) is 49.4 Å². The maximum atomic E-state index is 12.1. The van der Waals surface area contributed by atoms with Crippen LogP contribution < -0.4 is 10.6 Å². The highest BCUT2D eigenvalue weighted by atomic mass is 16.6. The topological polar surface area (TPSA) is 158 Å². The number of nitrogens with one attached hydrogen (secondary N) is 2. The largest absolute Gasteiger partial charge is 0.465 e. The molecule has 2 aromatic carbocycles. The van der Waals surface area contributed by atoms with Gasteiger partial charge in [0.15, 0.2) is 0 Å². The molecule has 0 aliphatic rings. The zero-order chi connectivity index (χ0) is 25.8. The number of nitrogens with zero attached hydrogens (tertiary/aromatic N) is 4. The lowest BCUT2D eigenvalue weighted by Crippen LogP contribution is -2.09. The van der Waals surface area contributed by atoms with Gasteiger partial charge in [0, 0.05) is 22.5 Å². The van der Waals surface area contributed by atoms with Crippen molar-refractivity contribution < 1.29 is 24.0 Å². The number of aromatic nitrogens is 3. The molecular weight excluding hydrogens is 468 g/mol. The van der Waals surface area contributed by atoms with Gasteiger partial charge < -0.3 is 20.1 Å². The molecule has 0 fully saturated rings. The van der Waals surface area contributed by atoms with E-state index in [1.807, 2.05) is 25.1 Å². The van der Waals surface area contributed by atoms with Crippen molar-refractivity contribution in [2.24, 2.45) is 0 Å². The fourth-order valence-corrected chi connectivity index (χ4v) is 3.54. The minimum Gasteiger partial charge on any atom is -0.465 e. The summed E-state index contributed by atoms with van der Waals surface area (Å²) in [5, 5.41) is 18.6. The van der Waals surface area contributed by atoms with Crippen LogP contribution in [0, 0.1) is 17.0 Å². The van der Waals surface area contributed by atoms with Crippen molar-refractivity contribution in [3.05, 3.63) is 81.8 Å². The van der Waals surface area contributed by atoms with Gasteiger partial charge in [0.2, 0.25) is 11.6 Å². The number of fused-ring (bicyclic) bond motifs is 1. The number of aryl methyl sites for hydroxylation is 1. The molecule has 4 rings (SSSR count). The lowest BCUT2D eigenvalue weighted by atomic mass is 10.1. The Morgan fingerprint density at radius 3 is 2.17 bits per heavy atom. The first-order valence-corrected chi connectivity index (χ1v) is 10.5. The summed E-state index contributed by atoms with van der Waals surface area (Å²) >= 11 is 0. The van der Waals surface area contributed by atoms with E-state index in [-0.39, 0.29) is 28.5 Å². The van der Waals surface area contributed by atoms with Crippen LogP contribution in [0.15, 0.2) is 54.9 Å². The molecule has 0 bridgehead atoms. The molecule has 0 aliphatic carbocycles. The van der Waals surface area contributed by atoms with Crippen molar-refractivity contribution in [1.29, 1.82) is 0 Å². The molecule has 36 heavy (non-hydrogen) atoms. The number of esters is 2. The Balaban J connectivity index is 1.77. The van der Waals surface area contributed by atoms with E-state index in [2.05, 4.69) is 25.6 Å². The molecule has 0 spiro atoms. The second kappa shape index (κ2) is 10.0. The highest BCUT2D eigenvalue weighted by Gasteiger charge is 2.25. The van der Waals surface area contributed by atoms with Crippen LogP contribution in [0.2, 0.25) is 0 Å². The molecule has 0 saturated carbocycles. The van der Waals surface area contributed by atoms with E-state index < -0.39 is 22.5 Å². The molecule has 0 unspecified atom stereocenters. The zero-order valence-corrected chi connectivity index (χ0v) is 19.4. The Morgan fingerprint density at radius 2 is 1.56 bits per heavy atom. The fourth-order valence-electron chi connectivity index (χ4n) is 3.54. The number of hydrogen-bond donors (Lipinski definition) is 2. The third-order valence-electron chi connectivity index (χ3n) is 5.17. The molecule has 2 aromatic heterocycles. The monoisotopic (exact) mass is 488 g/mol. The zero-order valence-electron chi connectivity index (χ0n) is 19.4. The third kappa shape index (κ3) is 4.87. The van der Waals surface area contributed by atoms with Crippen LogP contribution in [0.25, 0.3) is 10.9 Å². The number of nitro groups is 1. The number of carbonyl (C=O) groups is 2. The third-order valence-corrected chi connectivity index (χ3v) is 5.17. The van der Waals surface area contributed by atoms with E-state index in [9.17, 15) is 19.7 Å². The van der Waals surface area contributed by atoms with Gasteiger partial charge >= 0.3 is 17.6 Å². The van der Waals surface area contributed by atoms with Crippen LogP contribution in [0.5, 0.6) is 0 Å². The van der Waals surface area contributed by atoms with E-state index in [0.717, 1.165) is 17.4 Å². The normalized spacial score (nSPS) is 10.5. The first kappa shape index (κ1) is 24.0. The number of anilines is 4. The van der Waals surface area contributed by atoms with Crippen LogP contribution in [-0.4, -0.2) is 46.0 Å². The first-order valence-electron chi connectivity index (χ1n) is 10.5. The highest BCUT2D eigenvalue weighted by molar-refractivity contribution is 5.98. The van der Waals surface area contributed by atoms with Gasteiger partial charge in [0.1, 0.15) is 6.33 Å². The summed E-state index contributed by atoms with van der Waals surface area (Å²) in [6, 6.07) is 13.1. The van der Waals surface area contributed by atoms with Gasteiger partial charge in [-0.25, -0.2) is 19.6 Å². The number of ether oxygens (including phenoxy) is 2. The van der Waals surface area contributed by atoms with Crippen LogP contribution in [0.1, 0.15) is 26.4 Å². The Hall–Kier alpha value is -5.13.